The molecule has 2 heterocycles. The number of hydrogen-bond donors (Lipinski definition) is 2. The van der Waals surface area contributed by atoms with Gasteiger partial charge in [-0.05, 0) is 26.8 Å². The molecule has 2 N–H and O–H groups in total. The van der Waals surface area contributed by atoms with Crippen LogP contribution in [0, 0.1) is 0 Å². The Morgan fingerprint density at radius 1 is 1.47 bits per heavy atom. The Morgan fingerprint density at radius 3 is 2.76 bits per heavy atom. The van der Waals surface area contributed by atoms with E-state index < -0.39 is 5.97 Å². The fourth-order valence-corrected chi connectivity index (χ4v) is 1.47. The predicted molar refractivity (Wildman–Crippen MR) is 63.3 cm³/mol. The molecule has 0 fully saturated rings. The lowest BCUT2D eigenvalue weighted by molar-refractivity contribution is 0.0699. The van der Waals surface area contributed by atoms with Crippen LogP contribution in [0.25, 0.3) is 5.65 Å². The zero-order chi connectivity index (χ0) is 12.6. The van der Waals surface area contributed by atoms with Crippen molar-refractivity contribution in [3.8, 4) is 0 Å². The first-order chi connectivity index (χ1) is 7.87. The lowest BCUT2D eigenvalue weighted by atomic mass is 10.1. The van der Waals surface area contributed by atoms with E-state index in [2.05, 4.69) is 15.4 Å². The number of carboxylic acid groups (broad SMARTS) is 1. The van der Waals surface area contributed by atoms with E-state index in [0.717, 1.165) is 0 Å². The molecular weight excluding hydrogens is 220 g/mol. The van der Waals surface area contributed by atoms with Gasteiger partial charge in [-0.15, -0.1) is 0 Å². The lowest BCUT2D eigenvalue weighted by Crippen LogP contribution is -2.26. The number of hydrogen-bond acceptors (Lipinski definition) is 4. The summed E-state index contributed by atoms with van der Waals surface area (Å²) in [4.78, 5) is 15.2. The molecule has 0 aliphatic heterocycles. The highest BCUT2D eigenvalue weighted by Crippen LogP contribution is 2.15. The highest BCUT2D eigenvalue weighted by molar-refractivity contribution is 5.94. The lowest BCUT2D eigenvalue weighted by Gasteiger charge is -2.21. The van der Waals surface area contributed by atoms with Gasteiger partial charge in [0.25, 0.3) is 0 Å². The van der Waals surface area contributed by atoms with Crippen LogP contribution in [0.4, 0.5) is 5.82 Å². The van der Waals surface area contributed by atoms with E-state index in [1.807, 2.05) is 20.8 Å². The largest absolute Gasteiger partial charge is 0.477 e. The molecule has 90 valence electrons. The summed E-state index contributed by atoms with van der Waals surface area (Å²) >= 11 is 0. The molecular formula is C11H14N4O2. The number of fused-ring (bicyclic) bond motifs is 1. The van der Waals surface area contributed by atoms with E-state index in [9.17, 15) is 4.79 Å². The smallest absolute Gasteiger partial charge is 0.341 e. The molecule has 0 amide bonds. The summed E-state index contributed by atoms with van der Waals surface area (Å²) < 4.78 is 1.44. The Balaban J connectivity index is 2.48. The summed E-state index contributed by atoms with van der Waals surface area (Å²) in [6.07, 6.45) is 2.98. The van der Waals surface area contributed by atoms with Gasteiger partial charge in [-0.3, -0.25) is 0 Å². The van der Waals surface area contributed by atoms with Crippen LogP contribution < -0.4 is 5.32 Å². The van der Waals surface area contributed by atoms with Gasteiger partial charge in [0.2, 0.25) is 0 Å². The van der Waals surface area contributed by atoms with Gasteiger partial charge in [0.15, 0.2) is 5.65 Å². The van der Waals surface area contributed by atoms with Crippen molar-refractivity contribution in [2.45, 2.75) is 26.3 Å². The molecule has 0 unspecified atom stereocenters. The molecule has 6 heteroatoms. The minimum atomic E-state index is -1.03. The molecule has 0 atom stereocenters. The van der Waals surface area contributed by atoms with Gasteiger partial charge in [0.1, 0.15) is 11.4 Å². The van der Waals surface area contributed by atoms with E-state index in [4.69, 9.17) is 5.11 Å². The fourth-order valence-electron chi connectivity index (χ4n) is 1.47. The van der Waals surface area contributed by atoms with Crippen LogP contribution in [0.3, 0.4) is 0 Å². The van der Waals surface area contributed by atoms with Crippen molar-refractivity contribution in [1.29, 1.82) is 0 Å². The first-order valence-corrected chi connectivity index (χ1v) is 5.23. The van der Waals surface area contributed by atoms with Gasteiger partial charge in [-0.1, -0.05) is 0 Å². The van der Waals surface area contributed by atoms with Gasteiger partial charge in [0.05, 0.1) is 6.20 Å². The van der Waals surface area contributed by atoms with Crippen molar-refractivity contribution in [3.63, 3.8) is 0 Å². The number of carbonyl (C=O) groups is 1. The van der Waals surface area contributed by atoms with Crippen LogP contribution in [0.2, 0.25) is 0 Å². The minimum Gasteiger partial charge on any atom is -0.477 e. The van der Waals surface area contributed by atoms with Gasteiger partial charge >= 0.3 is 5.97 Å². The molecule has 0 aliphatic carbocycles. The van der Waals surface area contributed by atoms with Crippen LogP contribution >= 0.6 is 0 Å². The van der Waals surface area contributed by atoms with Crippen molar-refractivity contribution in [2.75, 3.05) is 5.32 Å². The second-order valence-corrected chi connectivity index (χ2v) is 4.82. The van der Waals surface area contributed by atoms with E-state index >= 15 is 0 Å². The summed E-state index contributed by atoms with van der Waals surface area (Å²) in [5.74, 6) is -0.395. The van der Waals surface area contributed by atoms with Crippen molar-refractivity contribution in [2.24, 2.45) is 0 Å². The normalized spacial score (nSPS) is 11.7. The van der Waals surface area contributed by atoms with E-state index in [-0.39, 0.29) is 11.1 Å². The average molecular weight is 234 g/mol. The summed E-state index contributed by atoms with van der Waals surface area (Å²) in [5, 5.41) is 16.1. The molecule has 17 heavy (non-hydrogen) atoms. The number of aromatic nitrogens is 3. The number of nitrogens with zero attached hydrogens (tertiary/aromatic N) is 3. The second-order valence-electron chi connectivity index (χ2n) is 4.82. The Kier molecular flexibility index (Phi) is 2.49. The van der Waals surface area contributed by atoms with Crippen LogP contribution in [0.1, 0.15) is 31.1 Å². The van der Waals surface area contributed by atoms with Crippen molar-refractivity contribution in [3.05, 3.63) is 24.0 Å². The maximum absolute atomic E-state index is 11.0. The Hall–Kier alpha value is -2.11. The van der Waals surface area contributed by atoms with Crippen LogP contribution in [-0.4, -0.2) is 31.2 Å². The van der Waals surface area contributed by atoms with E-state index in [0.29, 0.717) is 11.5 Å². The summed E-state index contributed by atoms with van der Waals surface area (Å²) in [7, 11) is 0. The number of nitrogens with one attached hydrogen (secondary N) is 1. The molecule has 6 nitrogen and oxygen atoms in total. The van der Waals surface area contributed by atoms with Gasteiger partial charge in [0, 0.05) is 11.7 Å². The van der Waals surface area contributed by atoms with Gasteiger partial charge < -0.3 is 10.4 Å². The highest BCUT2D eigenvalue weighted by Gasteiger charge is 2.15. The first-order valence-electron chi connectivity index (χ1n) is 5.23. The maximum atomic E-state index is 11.0. The van der Waals surface area contributed by atoms with Gasteiger partial charge in [-0.25, -0.2) is 14.3 Å². The molecule has 0 aromatic carbocycles. The summed E-state index contributed by atoms with van der Waals surface area (Å²) in [6, 6.07) is 1.76. The third kappa shape index (κ3) is 2.35. The first kappa shape index (κ1) is 11.4. The predicted octanol–water partition coefficient (Wildman–Crippen LogP) is 1.64. The van der Waals surface area contributed by atoms with Crippen LogP contribution in [0.5, 0.6) is 0 Å². The van der Waals surface area contributed by atoms with E-state index in [1.165, 1.54) is 10.7 Å². The zero-order valence-electron chi connectivity index (χ0n) is 9.93. The number of anilines is 1. The average Bonchev–Trinajstić information content (AvgIpc) is 2.57. The molecule has 0 bridgehead atoms. The number of rotatable bonds is 2. The SMILES string of the molecule is CC(C)(C)Nc1ccn2ncc(C(=O)O)c2n1. The van der Waals surface area contributed by atoms with Crippen molar-refractivity contribution < 1.29 is 9.90 Å². The van der Waals surface area contributed by atoms with Gasteiger partial charge in [-0.2, -0.15) is 5.10 Å². The second kappa shape index (κ2) is 3.73. The van der Waals surface area contributed by atoms with Crippen molar-refractivity contribution in [1.82, 2.24) is 14.6 Å². The standard InChI is InChI=1S/C11H14N4O2/c1-11(2,3)14-8-4-5-15-9(13-8)7(6-12-15)10(16)17/h4-6H,1-3H3,(H,13,14)(H,16,17). The molecule has 0 saturated carbocycles. The summed E-state index contributed by atoms with van der Waals surface area (Å²) in [5.41, 5.74) is 0.309. The van der Waals surface area contributed by atoms with Crippen LogP contribution in [-0.2, 0) is 0 Å². The molecule has 0 radical (unpaired) electrons. The van der Waals surface area contributed by atoms with E-state index in [1.54, 1.807) is 12.3 Å². The molecule has 2 aromatic rings. The topological polar surface area (TPSA) is 79.5 Å². The third-order valence-corrected chi connectivity index (χ3v) is 2.10. The fraction of sp³-hybridized carbons (Fsp3) is 0.364. The summed E-state index contributed by atoms with van der Waals surface area (Å²) in [6.45, 7) is 6.02. The molecule has 2 aromatic heterocycles. The maximum Gasteiger partial charge on any atom is 0.341 e. The molecule has 0 saturated heterocycles. The molecule has 0 aliphatic rings. The highest BCUT2D eigenvalue weighted by atomic mass is 16.4. The molecule has 0 spiro atoms. The third-order valence-electron chi connectivity index (χ3n) is 2.10. The van der Waals surface area contributed by atoms with Crippen LogP contribution in [0.15, 0.2) is 18.5 Å². The number of carboxylic acids is 1. The van der Waals surface area contributed by atoms with Crippen molar-refractivity contribution >= 4 is 17.4 Å². The minimum absolute atomic E-state index is 0.0996. The molecule has 2 rings (SSSR count). The monoisotopic (exact) mass is 234 g/mol. The quantitative estimate of drug-likeness (QED) is 0.825. The zero-order valence-corrected chi connectivity index (χ0v) is 9.93. The number of aromatic carboxylic acids is 1. The Labute approximate surface area is 98.3 Å². The Morgan fingerprint density at radius 2 is 2.18 bits per heavy atom. The Bertz CT molecular complexity index is 568.